The molecule has 0 fully saturated rings. The minimum absolute atomic E-state index is 0.0168. The molecule has 0 amide bonds. The Balaban J connectivity index is 1.31. The lowest BCUT2D eigenvalue weighted by Gasteiger charge is -2.28. The molecule has 60 heavy (non-hydrogen) atoms. The van der Waals surface area contributed by atoms with E-state index >= 15 is 0 Å². The van der Waals surface area contributed by atoms with Crippen molar-refractivity contribution in [3.05, 3.63) is 111 Å². The quantitative estimate of drug-likeness (QED) is 0.0398. The summed E-state index contributed by atoms with van der Waals surface area (Å²) in [6, 6.07) is 20.9. The number of benzene rings is 3. The highest BCUT2D eigenvalue weighted by molar-refractivity contribution is 7.59. The van der Waals surface area contributed by atoms with E-state index in [1.807, 2.05) is 36.4 Å². The van der Waals surface area contributed by atoms with Gasteiger partial charge < -0.3 is 19.1 Å². The highest BCUT2D eigenvalue weighted by atomic mass is 31.2. The molecule has 0 bridgehead atoms. The number of likely N-dealkylation sites (N-methyl/N-ethyl adjacent to an activating group) is 1. The van der Waals surface area contributed by atoms with Crippen LogP contribution >= 0.6 is 7.60 Å². The van der Waals surface area contributed by atoms with Crippen LogP contribution in [0.1, 0.15) is 136 Å². The molecule has 2 heterocycles. The Hall–Kier alpha value is -4.54. The lowest BCUT2D eigenvalue weighted by Crippen LogP contribution is -2.32. The van der Waals surface area contributed by atoms with Gasteiger partial charge in [0.15, 0.2) is 5.71 Å². The van der Waals surface area contributed by atoms with Crippen LogP contribution in [0.5, 0.6) is 0 Å². The van der Waals surface area contributed by atoms with Crippen molar-refractivity contribution in [2.24, 2.45) is 0 Å². The smallest absolute Gasteiger partial charge is 0.371 e. The number of carbonyl (C=O) groups is 1. The molecule has 0 atom stereocenters. The van der Waals surface area contributed by atoms with Crippen molar-refractivity contribution in [2.45, 2.75) is 130 Å². The summed E-state index contributed by atoms with van der Waals surface area (Å²) in [5.41, 5.74) is 6.70. The molecular formula is C51H65N3O5P+. The fourth-order valence-corrected chi connectivity index (χ4v) is 10.9. The van der Waals surface area contributed by atoms with Crippen molar-refractivity contribution in [1.82, 2.24) is 0 Å². The monoisotopic (exact) mass is 830 g/mol. The van der Waals surface area contributed by atoms with Gasteiger partial charge in [-0.2, -0.15) is 9.84 Å². The first-order valence-corrected chi connectivity index (χ1v) is 23.9. The Morgan fingerprint density at radius 3 is 2.12 bits per heavy atom. The molecule has 0 spiro atoms. The Morgan fingerprint density at radius 2 is 1.50 bits per heavy atom. The van der Waals surface area contributed by atoms with Crippen LogP contribution in [0.3, 0.4) is 0 Å². The average Bonchev–Trinajstić information content (AvgIpc) is 3.58. The Labute approximate surface area is 358 Å². The van der Waals surface area contributed by atoms with Crippen molar-refractivity contribution in [3.8, 4) is 6.07 Å². The molecule has 6 rings (SSSR count). The second-order valence-corrected chi connectivity index (χ2v) is 19.3. The van der Waals surface area contributed by atoms with Crippen molar-refractivity contribution in [1.29, 1.82) is 5.26 Å². The molecule has 0 unspecified atom stereocenters. The number of rotatable bonds is 20. The van der Waals surface area contributed by atoms with Gasteiger partial charge in [-0.3, -0.25) is 9.36 Å². The predicted octanol–water partition coefficient (Wildman–Crippen LogP) is 13.3. The number of nitrogens with zero attached hydrogens (tertiary/aromatic N) is 3. The van der Waals surface area contributed by atoms with Crippen LogP contribution in [0, 0.1) is 11.3 Å². The minimum atomic E-state index is -3.78. The van der Waals surface area contributed by atoms with Crippen molar-refractivity contribution in [2.75, 3.05) is 31.2 Å². The fourth-order valence-electron chi connectivity index (χ4n) is 9.41. The van der Waals surface area contributed by atoms with E-state index in [2.05, 4.69) is 87.4 Å². The Bertz CT molecular complexity index is 2360. The molecule has 8 nitrogen and oxygen atoms in total. The van der Waals surface area contributed by atoms with Gasteiger partial charge in [0.25, 0.3) is 0 Å². The second-order valence-electron chi connectivity index (χ2n) is 17.3. The zero-order valence-electron chi connectivity index (χ0n) is 37.2. The summed E-state index contributed by atoms with van der Waals surface area (Å²) < 4.78 is 26.8. The number of hydrogen-bond donors (Lipinski definition) is 1. The number of hydrogen-bond acceptors (Lipinski definition) is 7. The summed E-state index contributed by atoms with van der Waals surface area (Å²) in [5, 5.41) is 24.1. The van der Waals surface area contributed by atoms with E-state index < -0.39 is 18.4 Å². The van der Waals surface area contributed by atoms with Gasteiger partial charge in [0.05, 0.1) is 29.8 Å². The summed E-state index contributed by atoms with van der Waals surface area (Å²) in [7, 11) is -3.78. The summed E-state index contributed by atoms with van der Waals surface area (Å²) in [4.78, 5) is 16.4. The topological polar surface area (TPSA) is 103 Å². The van der Waals surface area contributed by atoms with E-state index in [0.717, 1.165) is 42.0 Å². The Kier molecular flexibility index (Phi) is 14.3. The van der Waals surface area contributed by atoms with Gasteiger partial charge in [-0.25, -0.2) is 0 Å². The summed E-state index contributed by atoms with van der Waals surface area (Å²) in [6.45, 7) is 18.2. The number of aliphatic hydroxyl groups excluding tert-OH is 1. The first-order chi connectivity index (χ1) is 28.8. The van der Waals surface area contributed by atoms with Crippen molar-refractivity contribution in [3.63, 3.8) is 0 Å². The van der Waals surface area contributed by atoms with Crippen molar-refractivity contribution < 1.29 is 28.1 Å². The van der Waals surface area contributed by atoms with Gasteiger partial charge >= 0.3 is 7.60 Å². The van der Waals surface area contributed by atoms with Crippen LogP contribution in [0.15, 0.2) is 94.7 Å². The van der Waals surface area contributed by atoms with E-state index in [1.54, 1.807) is 19.9 Å². The molecule has 9 heteroatoms. The van der Waals surface area contributed by atoms with E-state index in [9.17, 15) is 19.7 Å². The molecule has 0 saturated heterocycles. The van der Waals surface area contributed by atoms with Gasteiger partial charge in [0, 0.05) is 47.5 Å². The second kappa shape index (κ2) is 19.0. The van der Waals surface area contributed by atoms with Crippen LogP contribution in [0.25, 0.3) is 16.8 Å². The summed E-state index contributed by atoms with van der Waals surface area (Å²) >= 11 is 0. The number of Topliss-reactive ketones (excluding diaryl/α,β-unsaturated/α-hetero) is 1. The van der Waals surface area contributed by atoms with Crippen LogP contribution in [-0.2, 0) is 29.2 Å². The SMILES string of the molecule is CCCCCCCCCCCC[N+]1=C(/C=C2/C(=O)C(/C=C3/N(CC)c4ccc(/C=C(\C#N)P(=O)(OCC)OCC)cc4C3(C)C)=C2O)C(C)(C)c2c1ccc1ccccc21. The van der Waals surface area contributed by atoms with Gasteiger partial charge in [0.2, 0.25) is 11.5 Å². The van der Waals surface area contributed by atoms with E-state index in [1.165, 1.54) is 73.4 Å². The van der Waals surface area contributed by atoms with Crippen LogP contribution in [0.2, 0.25) is 0 Å². The summed E-state index contributed by atoms with van der Waals surface area (Å²) in [6.07, 6.45) is 18.0. The van der Waals surface area contributed by atoms with E-state index in [0.29, 0.717) is 23.3 Å². The molecule has 1 aliphatic carbocycles. The first-order valence-electron chi connectivity index (χ1n) is 22.3. The lowest BCUT2D eigenvalue weighted by molar-refractivity contribution is -0.438. The standard InChI is InChI=1S/C51H64N3O5P/c1-9-13-14-15-16-17-18-19-20-23-30-54-44-29-27-37-24-21-22-25-39(37)47(44)51(7,8)46(54)34-41-48(55)40(49(41)56)33-45-50(5,6)42-32-36(26-28-43(42)53(45)10-2)31-38(35-52)60(57,58-11-3)59-12-4/h21-22,24-29,31-34H,9-20,23,30H2,1-8H3/p+1/b38-31+. The largest absolute Gasteiger partial charge is 0.506 e. The van der Waals surface area contributed by atoms with Crippen LogP contribution in [0.4, 0.5) is 11.4 Å². The van der Waals surface area contributed by atoms with Crippen molar-refractivity contribution >= 4 is 47.3 Å². The maximum absolute atomic E-state index is 14.2. The van der Waals surface area contributed by atoms with Crippen LogP contribution in [-0.4, -0.2) is 47.5 Å². The maximum atomic E-state index is 14.2. The third-order valence-electron chi connectivity index (χ3n) is 12.6. The third-order valence-corrected chi connectivity index (χ3v) is 14.6. The highest BCUT2D eigenvalue weighted by Gasteiger charge is 2.48. The van der Waals surface area contributed by atoms with Crippen LogP contribution < -0.4 is 4.90 Å². The molecule has 0 aromatic heterocycles. The molecule has 0 saturated carbocycles. The van der Waals surface area contributed by atoms with E-state index in [-0.39, 0.29) is 30.1 Å². The molecule has 3 aliphatic rings. The maximum Gasteiger partial charge on any atom is 0.371 e. The number of anilines is 1. The van der Waals surface area contributed by atoms with Gasteiger partial charge in [-0.15, -0.1) is 0 Å². The number of fused-ring (bicyclic) bond motifs is 4. The average molecular weight is 831 g/mol. The minimum Gasteiger partial charge on any atom is -0.506 e. The lowest BCUT2D eigenvalue weighted by atomic mass is 9.76. The molecule has 3 aromatic rings. The van der Waals surface area contributed by atoms with Gasteiger partial charge in [-0.1, -0.05) is 102 Å². The molecule has 2 aliphatic heterocycles. The highest BCUT2D eigenvalue weighted by Crippen LogP contribution is 2.57. The fraction of sp³-hybridized carbons (Fsp3) is 0.471. The zero-order valence-corrected chi connectivity index (χ0v) is 38.1. The first kappa shape index (κ1) is 45.0. The number of nitriles is 1. The molecule has 318 valence electrons. The number of allylic oxidation sites excluding steroid dienone is 6. The third kappa shape index (κ3) is 8.64. The normalized spacial score (nSPS) is 18.5. The number of unbranched alkanes of at least 4 members (excludes halogenated alkanes) is 9. The number of aliphatic hydroxyl groups is 1. The Morgan fingerprint density at radius 1 is 0.850 bits per heavy atom. The number of ketones is 1. The molecular weight excluding hydrogens is 766 g/mol. The molecule has 1 N–H and O–H groups in total. The van der Waals surface area contributed by atoms with E-state index in [4.69, 9.17) is 9.05 Å². The van der Waals surface area contributed by atoms with Gasteiger partial charge in [0.1, 0.15) is 23.7 Å². The predicted molar refractivity (Wildman–Crippen MR) is 246 cm³/mol. The number of carbonyl (C=O) groups excluding carboxylic acids is 1. The van der Waals surface area contributed by atoms with Gasteiger partial charge in [-0.05, 0) is 93.3 Å². The molecule has 3 aromatic carbocycles. The zero-order chi connectivity index (χ0) is 43.2. The molecule has 0 radical (unpaired) electrons. The summed E-state index contributed by atoms with van der Waals surface area (Å²) in [5.74, 6) is -0.154.